The third-order valence-corrected chi connectivity index (χ3v) is 3.58. The molecule has 0 spiro atoms. The Morgan fingerprint density at radius 3 is 2.88 bits per heavy atom. The fraction of sp³-hybridized carbons (Fsp3) is 0.231. The molecule has 0 aliphatic heterocycles. The highest BCUT2D eigenvalue weighted by Crippen LogP contribution is 2.27. The highest BCUT2D eigenvalue weighted by atomic mass is 35.5. The van der Waals surface area contributed by atoms with Crippen LogP contribution in [0.15, 0.2) is 35.7 Å². The van der Waals surface area contributed by atoms with Gasteiger partial charge in [0.05, 0.1) is 0 Å². The van der Waals surface area contributed by atoms with Gasteiger partial charge in [0.25, 0.3) is 0 Å². The van der Waals surface area contributed by atoms with Crippen LogP contribution in [0, 0.1) is 0 Å². The van der Waals surface area contributed by atoms with Crippen molar-refractivity contribution in [3.05, 3.63) is 51.2 Å². The molecule has 1 aromatic heterocycles. The molecule has 2 rings (SSSR count). The van der Waals surface area contributed by atoms with Crippen molar-refractivity contribution in [3.63, 3.8) is 0 Å². The summed E-state index contributed by atoms with van der Waals surface area (Å²) < 4.78 is 5.80. The van der Waals surface area contributed by atoms with Gasteiger partial charge < -0.3 is 10.1 Å². The second kappa shape index (κ2) is 6.05. The summed E-state index contributed by atoms with van der Waals surface area (Å²) in [4.78, 5) is 1.21. The van der Waals surface area contributed by atoms with Crippen molar-refractivity contribution in [2.75, 3.05) is 7.05 Å². The smallest absolute Gasteiger partial charge is 0.125 e. The Labute approximate surface area is 110 Å². The van der Waals surface area contributed by atoms with Crippen molar-refractivity contribution >= 4 is 22.9 Å². The lowest BCUT2D eigenvalue weighted by Gasteiger charge is -2.12. The number of nitrogens with one attached hydrogen (secondary N) is 1. The lowest BCUT2D eigenvalue weighted by molar-refractivity contribution is 0.306. The minimum Gasteiger partial charge on any atom is -0.488 e. The van der Waals surface area contributed by atoms with Gasteiger partial charge in [0.15, 0.2) is 0 Å². The van der Waals surface area contributed by atoms with Crippen molar-refractivity contribution in [2.45, 2.75) is 13.2 Å². The highest BCUT2D eigenvalue weighted by Gasteiger charge is 2.07. The van der Waals surface area contributed by atoms with Crippen molar-refractivity contribution in [3.8, 4) is 5.75 Å². The number of benzene rings is 1. The Balaban J connectivity index is 2.11. The van der Waals surface area contributed by atoms with Crippen LogP contribution in [0.25, 0.3) is 0 Å². The first-order chi connectivity index (χ1) is 8.31. The maximum absolute atomic E-state index is 6.15. The molecule has 0 saturated heterocycles. The summed E-state index contributed by atoms with van der Waals surface area (Å²) in [6.45, 7) is 1.30. The normalized spacial score (nSPS) is 10.5. The van der Waals surface area contributed by atoms with E-state index in [0.717, 1.165) is 16.3 Å². The number of thiophene rings is 1. The molecule has 1 aromatic carbocycles. The van der Waals surface area contributed by atoms with Gasteiger partial charge in [-0.1, -0.05) is 23.7 Å². The predicted molar refractivity (Wildman–Crippen MR) is 72.9 cm³/mol. The first kappa shape index (κ1) is 12.4. The minimum absolute atomic E-state index is 0.592. The van der Waals surface area contributed by atoms with Crippen LogP contribution >= 0.6 is 22.9 Å². The van der Waals surface area contributed by atoms with Crippen LogP contribution in [0.1, 0.15) is 10.4 Å². The van der Waals surface area contributed by atoms with E-state index in [0.29, 0.717) is 13.2 Å². The summed E-state index contributed by atoms with van der Waals surface area (Å²) >= 11 is 7.84. The van der Waals surface area contributed by atoms with E-state index in [9.17, 15) is 0 Å². The summed E-state index contributed by atoms with van der Waals surface area (Å²) in [5, 5.41) is 5.88. The average Bonchev–Trinajstić information content (AvgIpc) is 2.83. The monoisotopic (exact) mass is 267 g/mol. The highest BCUT2D eigenvalue weighted by molar-refractivity contribution is 7.09. The third-order valence-electron chi connectivity index (χ3n) is 2.38. The van der Waals surface area contributed by atoms with E-state index in [1.54, 1.807) is 11.3 Å². The van der Waals surface area contributed by atoms with Gasteiger partial charge in [-0.2, -0.15) is 0 Å². The standard InChI is InChI=1S/C13H14ClNOS/c1-15-8-11-12(14)5-2-6-13(11)16-9-10-4-3-7-17-10/h2-7,15H,8-9H2,1H3. The Morgan fingerprint density at radius 2 is 2.18 bits per heavy atom. The minimum atomic E-state index is 0.592. The van der Waals surface area contributed by atoms with Gasteiger partial charge in [0, 0.05) is 22.0 Å². The van der Waals surface area contributed by atoms with Crippen molar-refractivity contribution < 1.29 is 4.74 Å². The molecule has 0 aliphatic rings. The maximum atomic E-state index is 6.15. The van der Waals surface area contributed by atoms with E-state index in [2.05, 4.69) is 11.4 Å². The molecule has 0 atom stereocenters. The van der Waals surface area contributed by atoms with Crippen LogP contribution in [0.2, 0.25) is 5.02 Å². The van der Waals surface area contributed by atoms with E-state index in [-0.39, 0.29) is 0 Å². The van der Waals surface area contributed by atoms with E-state index in [1.165, 1.54) is 4.88 Å². The SMILES string of the molecule is CNCc1c(Cl)cccc1OCc1cccs1. The molecule has 0 radical (unpaired) electrons. The lowest BCUT2D eigenvalue weighted by Crippen LogP contribution is -2.08. The topological polar surface area (TPSA) is 21.3 Å². The molecule has 90 valence electrons. The Kier molecular flexibility index (Phi) is 4.42. The Hall–Kier alpha value is -1.03. The lowest BCUT2D eigenvalue weighted by atomic mass is 10.2. The molecule has 4 heteroatoms. The summed E-state index contributed by atoms with van der Waals surface area (Å²) in [6, 6.07) is 9.83. The summed E-state index contributed by atoms with van der Waals surface area (Å²) in [7, 11) is 1.90. The van der Waals surface area contributed by atoms with Crippen LogP contribution in [-0.4, -0.2) is 7.05 Å². The van der Waals surface area contributed by atoms with E-state index in [4.69, 9.17) is 16.3 Å². The van der Waals surface area contributed by atoms with Crippen molar-refractivity contribution in [2.24, 2.45) is 0 Å². The van der Waals surface area contributed by atoms with E-state index < -0.39 is 0 Å². The third kappa shape index (κ3) is 3.22. The zero-order valence-electron chi connectivity index (χ0n) is 9.57. The fourth-order valence-corrected chi connectivity index (χ4v) is 2.41. The largest absolute Gasteiger partial charge is 0.488 e. The number of rotatable bonds is 5. The van der Waals surface area contributed by atoms with Crippen molar-refractivity contribution in [1.82, 2.24) is 5.32 Å². The first-order valence-electron chi connectivity index (χ1n) is 5.38. The van der Waals surface area contributed by atoms with Gasteiger partial charge in [0.2, 0.25) is 0 Å². The Bertz CT molecular complexity index is 470. The number of hydrogen-bond acceptors (Lipinski definition) is 3. The van der Waals surface area contributed by atoms with Gasteiger partial charge in [0.1, 0.15) is 12.4 Å². The average molecular weight is 268 g/mol. The van der Waals surface area contributed by atoms with Crippen LogP contribution in [0.3, 0.4) is 0 Å². The second-order valence-corrected chi connectivity index (χ2v) is 5.05. The quantitative estimate of drug-likeness (QED) is 0.892. The molecule has 0 unspecified atom stereocenters. The van der Waals surface area contributed by atoms with Crippen LogP contribution in [0.5, 0.6) is 5.75 Å². The fourth-order valence-electron chi connectivity index (χ4n) is 1.57. The van der Waals surface area contributed by atoms with E-state index in [1.807, 2.05) is 36.7 Å². The van der Waals surface area contributed by atoms with Gasteiger partial charge in [-0.25, -0.2) is 0 Å². The number of halogens is 1. The van der Waals surface area contributed by atoms with Gasteiger partial charge in [-0.05, 0) is 30.6 Å². The predicted octanol–water partition coefficient (Wildman–Crippen LogP) is 3.70. The zero-order chi connectivity index (χ0) is 12.1. The molecular formula is C13H14ClNOS. The van der Waals surface area contributed by atoms with Crippen LogP contribution < -0.4 is 10.1 Å². The number of ether oxygens (including phenoxy) is 1. The molecule has 0 amide bonds. The molecule has 0 aliphatic carbocycles. The van der Waals surface area contributed by atoms with Crippen molar-refractivity contribution in [1.29, 1.82) is 0 Å². The molecule has 0 saturated carbocycles. The molecular weight excluding hydrogens is 254 g/mol. The zero-order valence-corrected chi connectivity index (χ0v) is 11.1. The van der Waals surface area contributed by atoms with Crippen LogP contribution in [0.4, 0.5) is 0 Å². The first-order valence-corrected chi connectivity index (χ1v) is 6.64. The van der Waals surface area contributed by atoms with Crippen LogP contribution in [-0.2, 0) is 13.2 Å². The van der Waals surface area contributed by atoms with Gasteiger partial charge in [-0.3, -0.25) is 0 Å². The molecule has 0 fully saturated rings. The molecule has 1 N–H and O–H groups in total. The van der Waals surface area contributed by atoms with Gasteiger partial charge >= 0.3 is 0 Å². The van der Waals surface area contributed by atoms with E-state index >= 15 is 0 Å². The second-order valence-electron chi connectivity index (χ2n) is 3.61. The van der Waals surface area contributed by atoms with Gasteiger partial charge in [-0.15, -0.1) is 11.3 Å². The summed E-state index contributed by atoms with van der Waals surface area (Å²) in [5.74, 6) is 0.847. The molecule has 2 aromatic rings. The molecule has 0 bridgehead atoms. The summed E-state index contributed by atoms with van der Waals surface area (Å²) in [6.07, 6.45) is 0. The molecule has 2 nitrogen and oxygen atoms in total. The maximum Gasteiger partial charge on any atom is 0.125 e. The summed E-state index contributed by atoms with van der Waals surface area (Å²) in [5.41, 5.74) is 1.01. The molecule has 17 heavy (non-hydrogen) atoms. The molecule has 1 heterocycles. The Morgan fingerprint density at radius 1 is 1.29 bits per heavy atom. The number of hydrogen-bond donors (Lipinski definition) is 1.